The molecule has 1 aromatic carbocycles. The van der Waals surface area contributed by atoms with Gasteiger partial charge >= 0.3 is 0 Å². The first-order valence-corrected chi connectivity index (χ1v) is 7.86. The fourth-order valence-corrected chi connectivity index (χ4v) is 3.60. The number of halogens is 1. The third-order valence-electron chi connectivity index (χ3n) is 4.24. The van der Waals surface area contributed by atoms with Gasteiger partial charge in [0, 0.05) is 17.8 Å². The molecule has 0 heterocycles. The van der Waals surface area contributed by atoms with Crippen molar-refractivity contribution in [3.05, 3.63) is 35.4 Å². The predicted octanol–water partition coefficient (Wildman–Crippen LogP) is 2.86. The lowest BCUT2D eigenvalue weighted by Gasteiger charge is -2.13. The Morgan fingerprint density at radius 3 is 3.06 bits per heavy atom. The second-order valence-electron chi connectivity index (χ2n) is 5.29. The maximum atomic E-state index is 12.1. The van der Waals surface area contributed by atoms with E-state index in [1.807, 2.05) is 0 Å². The van der Waals surface area contributed by atoms with Gasteiger partial charge in [0.2, 0.25) is 5.91 Å². The molecule has 0 aliphatic heterocycles. The number of benzene rings is 1. The van der Waals surface area contributed by atoms with Crippen molar-refractivity contribution in [1.29, 1.82) is 0 Å². The van der Waals surface area contributed by atoms with Crippen LogP contribution in [0.2, 0.25) is 0 Å². The Morgan fingerprint density at radius 1 is 1.39 bits per heavy atom. The van der Waals surface area contributed by atoms with Crippen LogP contribution in [-0.4, -0.2) is 17.8 Å². The molecule has 3 rings (SSSR count). The zero-order valence-electron chi connectivity index (χ0n) is 10.4. The van der Waals surface area contributed by atoms with E-state index >= 15 is 0 Å². The maximum Gasteiger partial charge on any atom is 0.224 e. The van der Waals surface area contributed by atoms with Gasteiger partial charge in [-0.05, 0) is 42.2 Å². The summed E-state index contributed by atoms with van der Waals surface area (Å²) in [6, 6.07) is 8.62. The Hall–Kier alpha value is -0.830. The smallest absolute Gasteiger partial charge is 0.224 e. The average molecular weight is 308 g/mol. The van der Waals surface area contributed by atoms with Crippen molar-refractivity contribution in [1.82, 2.24) is 5.32 Å². The summed E-state index contributed by atoms with van der Waals surface area (Å²) in [4.78, 5) is 12.1. The van der Waals surface area contributed by atoms with E-state index in [-0.39, 0.29) is 11.8 Å². The van der Waals surface area contributed by atoms with Gasteiger partial charge in [0.1, 0.15) is 0 Å². The molecule has 0 spiro atoms. The number of fused-ring (bicyclic) bond motifs is 3. The van der Waals surface area contributed by atoms with Crippen LogP contribution >= 0.6 is 15.9 Å². The zero-order valence-corrected chi connectivity index (χ0v) is 11.9. The number of hydrogen-bond donors (Lipinski definition) is 1. The lowest BCUT2D eigenvalue weighted by atomic mass is 9.92. The van der Waals surface area contributed by atoms with Gasteiger partial charge in [0.05, 0.1) is 0 Å². The van der Waals surface area contributed by atoms with Gasteiger partial charge in [-0.1, -0.05) is 40.2 Å². The normalized spacial score (nSPS) is 28.2. The summed E-state index contributed by atoms with van der Waals surface area (Å²) < 4.78 is 0. The highest BCUT2D eigenvalue weighted by molar-refractivity contribution is 9.09. The quantitative estimate of drug-likeness (QED) is 0.672. The van der Waals surface area contributed by atoms with E-state index in [1.54, 1.807) is 0 Å². The van der Waals surface area contributed by atoms with Crippen molar-refractivity contribution in [3.63, 3.8) is 0 Å². The summed E-state index contributed by atoms with van der Waals surface area (Å²) in [7, 11) is 0. The molecule has 1 aromatic rings. The molecule has 1 amide bonds. The second kappa shape index (κ2) is 5.04. The molecule has 18 heavy (non-hydrogen) atoms. The molecule has 3 unspecified atom stereocenters. The number of nitrogens with one attached hydrogen (secondary N) is 1. The van der Waals surface area contributed by atoms with Crippen molar-refractivity contribution in [2.24, 2.45) is 11.8 Å². The second-order valence-corrected chi connectivity index (χ2v) is 6.08. The van der Waals surface area contributed by atoms with Gasteiger partial charge in [0.15, 0.2) is 0 Å². The van der Waals surface area contributed by atoms with E-state index in [4.69, 9.17) is 0 Å². The fraction of sp³-hybridized carbons (Fsp3) is 0.533. The zero-order chi connectivity index (χ0) is 12.5. The summed E-state index contributed by atoms with van der Waals surface area (Å²) in [6.45, 7) is 0.793. The van der Waals surface area contributed by atoms with Crippen LogP contribution in [0.4, 0.5) is 0 Å². The van der Waals surface area contributed by atoms with Crippen LogP contribution in [0.25, 0.3) is 0 Å². The van der Waals surface area contributed by atoms with E-state index in [9.17, 15) is 4.79 Å². The topological polar surface area (TPSA) is 29.1 Å². The third kappa shape index (κ3) is 2.09. The minimum Gasteiger partial charge on any atom is -0.356 e. The van der Waals surface area contributed by atoms with Gasteiger partial charge in [-0.15, -0.1) is 0 Å². The Kier molecular flexibility index (Phi) is 3.42. The summed E-state index contributed by atoms with van der Waals surface area (Å²) >= 11 is 3.38. The van der Waals surface area contributed by atoms with Crippen molar-refractivity contribution >= 4 is 21.8 Å². The SMILES string of the molecule is O=C(NCCCBr)C1C2CCc3ccccc3C21. The molecule has 0 aromatic heterocycles. The first kappa shape index (κ1) is 12.2. The van der Waals surface area contributed by atoms with Crippen LogP contribution in [-0.2, 0) is 11.2 Å². The molecular formula is C15H18BrNO. The molecule has 3 atom stereocenters. The first-order valence-electron chi connectivity index (χ1n) is 6.74. The molecule has 3 heteroatoms. The molecule has 1 fully saturated rings. The Bertz CT molecular complexity index is 460. The van der Waals surface area contributed by atoms with Crippen LogP contribution < -0.4 is 5.32 Å². The van der Waals surface area contributed by atoms with Gasteiger partial charge in [-0.3, -0.25) is 4.79 Å². The van der Waals surface area contributed by atoms with Crippen molar-refractivity contribution < 1.29 is 4.79 Å². The summed E-state index contributed by atoms with van der Waals surface area (Å²) in [5.41, 5.74) is 2.88. The number of amides is 1. The van der Waals surface area contributed by atoms with Crippen LogP contribution in [0.1, 0.15) is 29.9 Å². The van der Waals surface area contributed by atoms with Crippen molar-refractivity contribution in [3.8, 4) is 0 Å². The highest BCUT2D eigenvalue weighted by Gasteiger charge is 2.56. The van der Waals surface area contributed by atoms with E-state index in [2.05, 4.69) is 45.5 Å². The van der Waals surface area contributed by atoms with Gasteiger partial charge in [0.25, 0.3) is 0 Å². The first-order chi connectivity index (χ1) is 8.83. The number of hydrogen-bond acceptors (Lipinski definition) is 1. The third-order valence-corrected chi connectivity index (χ3v) is 4.80. The van der Waals surface area contributed by atoms with Crippen LogP contribution in [0.3, 0.4) is 0 Å². The number of carbonyl (C=O) groups is 1. The summed E-state index contributed by atoms with van der Waals surface area (Å²) in [5.74, 6) is 1.61. The fourth-order valence-electron chi connectivity index (χ4n) is 3.32. The monoisotopic (exact) mass is 307 g/mol. The number of rotatable bonds is 4. The Labute approximate surface area is 116 Å². The summed E-state index contributed by atoms with van der Waals surface area (Å²) in [6.07, 6.45) is 3.32. The molecule has 1 saturated carbocycles. The standard InChI is InChI=1S/C15H18BrNO/c16-8-3-9-17-15(18)14-12-7-6-10-4-1-2-5-11(10)13(12)14/h1-2,4-5,12-14H,3,6-9H2,(H,17,18). The van der Waals surface area contributed by atoms with Crippen LogP contribution in [0.15, 0.2) is 24.3 Å². The molecule has 2 aliphatic carbocycles. The van der Waals surface area contributed by atoms with Crippen molar-refractivity contribution in [2.75, 3.05) is 11.9 Å². The minimum atomic E-state index is 0.240. The Balaban J connectivity index is 1.67. The summed E-state index contributed by atoms with van der Waals surface area (Å²) in [5, 5.41) is 4.02. The molecule has 1 N–H and O–H groups in total. The van der Waals surface area contributed by atoms with Gasteiger partial charge in [-0.2, -0.15) is 0 Å². The van der Waals surface area contributed by atoms with E-state index in [1.165, 1.54) is 17.5 Å². The van der Waals surface area contributed by atoms with E-state index in [0.717, 1.165) is 24.7 Å². The molecule has 96 valence electrons. The van der Waals surface area contributed by atoms with Crippen LogP contribution in [0.5, 0.6) is 0 Å². The van der Waals surface area contributed by atoms with Gasteiger partial charge < -0.3 is 5.32 Å². The molecule has 0 saturated heterocycles. The highest BCUT2D eigenvalue weighted by Crippen LogP contribution is 2.59. The number of aryl methyl sites for hydroxylation is 1. The lowest BCUT2D eigenvalue weighted by Crippen LogP contribution is -2.27. The molecule has 2 nitrogen and oxygen atoms in total. The molecular weight excluding hydrogens is 290 g/mol. The van der Waals surface area contributed by atoms with E-state index < -0.39 is 0 Å². The number of carbonyl (C=O) groups excluding carboxylic acids is 1. The maximum absolute atomic E-state index is 12.1. The Morgan fingerprint density at radius 2 is 2.22 bits per heavy atom. The number of alkyl halides is 1. The van der Waals surface area contributed by atoms with Crippen molar-refractivity contribution in [2.45, 2.75) is 25.2 Å². The predicted molar refractivity (Wildman–Crippen MR) is 75.9 cm³/mol. The highest BCUT2D eigenvalue weighted by atomic mass is 79.9. The average Bonchev–Trinajstić information content (AvgIpc) is 3.14. The van der Waals surface area contributed by atoms with Crippen LogP contribution in [0, 0.1) is 11.8 Å². The molecule has 2 aliphatic rings. The molecule has 0 radical (unpaired) electrons. The lowest BCUT2D eigenvalue weighted by molar-refractivity contribution is -0.122. The minimum absolute atomic E-state index is 0.240. The van der Waals surface area contributed by atoms with E-state index in [0.29, 0.717) is 11.8 Å². The molecule has 0 bridgehead atoms. The largest absolute Gasteiger partial charge is 0.356 e. The van der Waals surface area contributed by atoms with Gasteiger partial charge in [-0.25, -0.2) is 0 Å².